The van der Waals surface area contributed by atoms with Gasteiger partial charge in [0.15, 0.2) is 9.84 Å². The molecule has 3 rings (SSSR count). The van der Waals surface area contributed by atoms with E-state index in [4.69, 9.17) is 0 Å². The highest BCUT2D eigenvalue weighted by atomic mass is 32.2. The summed E-state index contributed by atoms with van der Waals surface area (Å²) < 4.78 is 24.1. The van der Waals surface area contributed by atoms with Gasteiger partial charge in [-0.25, -0.2) is 8.42 Å². The first-order valence-electron chi connectivity index (χ1n) is 10.1. The number of carbonyl (C=O) groups is 1. The minimum absolute atomic E-state index is 0.0132. The number of carbonyl (C=O) groups excluding carboxylic acids is 1. The molecule has 0 fully saturated rings. The number of nitrogens with zero attached hydrogens (tertiary/aromatic N) is 2. The summed E-state index contributed by atoms with van der Waals surface area (Å²) >= 11 is 0. The normalized spacial score (nSPS) is 11.2. The van der Waals surface area contributed by atoms with Crippen LogP contribution in [-0.2, 0) is 22.7 Å². The fourth-order valence-corrected chi connectivity index (χ4v) is 4.02. The van der Waals surface area contributed by atoms with Crippen LogP contribution in [0.15, 0.2) is 83.8 Å². The van der Waals surface area contributed by atoms with Crippen LogP contribution in [0, 0.1) is 10.1 Å². The Bertz CT molecular complexity index is 1150. The Morgan fingerprint density at radius 1 is 0.875 bits per heavy atom. The molecule has 0 saturated heterocycles. The number of benzene rings is 3. The molecule has 3 aromatic rings. The molecule has 0 aromatic heterocycles. The quantitative estimate of drug-likeness (QED) is 0.362. The first kappa shape index (κ1) is 23.1. The molecule has 1 amide bonds. The minimum Gasteiger partial charge on any atom is -0.338 e. The maximum atomic E-state index is 13.3. The number of nitro groups is 1. The predicted molar refractivity (Wildman–Crippen MR) is 122 cm³/mol. The van der Waals surface area contributed by atoms with Crippen LogP contribution in [-0.4, -0.2) is 43.5 Å². The molecule has 32 heavy (non-hydrogen) atoms. The maximum absolute atomic E-state index is 13.3. The summed E-state index contributed by atoms with van der Waals surface area (Å²) in [6.07, 6.45) is 2.17. The Morgan fingerprint density at radius 3 is 1.81 bits per heavy atom. The number of nitro benzene ring substituents is 1. The monoisotopic (exact) mass is 452 g/mol. The van der Waals surface area contributed by atoms with Crippen LogP contribution in [0.2, 0.25) is 0 Å². The van der Waals surface area contributed by atoms with Gasteiger partial charge in [0.05, 0.1) is 9.82 Å². The summed E-state index contributed by atoms with van der Waals surface area (Å²) in [5, 5.41) is 11.3. The molecule has 3 aromatic carbocycles. The number of hydrogen-bond acceptors (Lipinski definition) is 5. The topological polar surface area (TPSA) is 97.6 Å². The third-order valence-electron chi connectivity index (χ3n) is 5.09. The highest BCUT2D eigenvalue weighted by molar-refractivity contribution is 7.90. The second-order valence-corrected chi connectivity index (χ2v) is 9.52. The van der Waals surface area contributed by atoms with Gasteiger partial charge in [-0.15, -0.1) is 0 Å². The number of hydrogen-bond donors (Lipinski definition) is 0. The maximum Gasteiger partial charge on any atom is 0.271 e. The zero-order chi connectivity index (χ0) is 23.1. The first-order chi connectivity index (χ1) is 15.2. The van der Waals surface area contributed by atoms with Crippen molar-refractivity contribution in [2.24, 2.45) is 0 Å². The molecule has 7 nitrogen and oxygen atoms in total. The molecule has 0 N–H and O–H groups in total. The van der Waals surface area contributed by atoms with E-state index in [1.54, 1.807) is 4.90 Å². The zero-order valence-corrected chi connectivity index (χ0v) is 18.5. The number of rotatable bonds is 9. The molecule has 0 bridgehead atoms. The second kappa shape index (κ2) is 10.2. The molecule has 0 spiro atoms. The van der Waals surface area contributed by atoms with Crippen LogP contribution < -0.4 is 0 Å². The second-order valence-electron chi connectivity index (χ2n) is 7.51. The molecule has 0 heterocycles. The summed E-state index contributed by atoms with van der Waals surface area (Å²) in [6, 6.07) is 22.7. The molecule has 0 radical (unpaired) electrons. The van der Waals surface area contributed by atoms with Crippen molar-refractivity contribution in [3.05, 3.63) is 106 Å². The lowest BCUT2D eigenvalue weighted by molar-refractivity contribution is -0.385. The van der Waals surface area contributed by atoms with E-state index in [0.29, 0.717) is 25.9 Å². The molecule has 8 heteroatoms. The zero-order valence-electron chi connectivity index (χ0n) is 17.7. The van der Waals surface area contributed by atoms with Crippen molar-refractivity contribution < 1.29 is 18.1 Å². The van der Waals surface area contributed by atoms with Crippen molar-refractivity contribution in [2.75, 3.05) is 19.3 Å². The van der Waals surface area contributed by atoms with Crippen LogP contribution in [0.3, 0.4) is 0 Å². The van der Waals surface area contributed by atoms with Crippen LogP contribution in [0.5, 0.6) is 0 Å². The largest absolute Gasteiger partial charge is 0.338 e. The van der Waals surface area contributed by atoms with E-state index in [2.05, 4.69) is 0 Å². The van der Waals surface area contributed by atoms with E-state index >= 15 is 0 Å². The highest BCUT2D eigenvalue weighted by Crippen LogP contribution is 2.22. The molecule has 0 aliphatic heterocycles. The van der Waals surface area contributed by atoms with Gasteiger partial charge in [-0.2, -0.15) is 0 Å². The molecule has 166 valence electrons. The lowest BCUT2D eigenvalue weighted by atomic mass is 10.1. The van der Waals surface area contributed by atoms with Crippen molar-refractivity contribution in [1.29, 1.82) is 0 Å². The van der Waals surface area contributed by atoms with Gasteiger partial charge in [-0.3, -0.25) is 14.9 Å². The first-order valence-corrected chi connectivity index (χ1v) is 12.0. The Balaban J connectivity index is 1.90. The summed E-state index contributed by atoms with van der Waals surface area (Å²) in [5.41, 5.74) is 1.67. The summed E-state index contributed by atoms with van der Waals surface area (Å²) in [6.45, 7) is 0.791. The molecule has 0 aliphatic rings. The average molecular weight is 453 g/mol. The van der Waals surface area contributed by atoms with Crippen molar-refractivity contribution in [2.45, 2.75) is 17.7 Å². The lowest BCUT2D eigenvalue weighted by Gasteiger charge is -2.23. The number of non-ortho nitro benzene ring substituents is 1. The van der Waals surface area contributed by atoms with Crippen LogP contribution in [0.4, 0.5) is 5.69 Å². The molecule has 0 saturated carbocycles. The molecule has 0 unspecified atom stereocenters. The van der Waals surface area contributed by atoms with E-state index in [1.807, 2.05) is 60.7 Å². The van der Waals surface area contributed by atoms with Gasteiger partial charge in [0.1, 0.15) is 0 Å². The predicted octanol–water partition coefficient (Wildman–Crippen LogP) is 3.93. The Morgan fingerprint density at radius 2 is 1.38 bits per heavy atom. The minimum atomic E-state index is -3.73. The molecule has 0 aliphatic carbocycles. The fourth-order valence-electron chi connectivity index (χ4n) is 3.34. The van der Waals surface area contributed by atoms with E-state index in [0.717, 1.165) is 29.5 Å². The van der Waals surface area contributed by atoms with Gasteiger partial charge in [0.2, 0.25) is 0 Å². The number of sulfone groups is 1. The van der Waals surface area contributed by atoms with Gasteiger partial charge in [0.25, 0.3) is 11.6 Å². The van der Waals surface area contributed by atoms with Gasteiger partial charge in [-0.05, 0) is 30.0 Å². The van der Waals surface area contributed by atoms with Crippen molar-refractivity contribution in [3.8, 4) is 0 Å². The number of amides is 1. The smallest absolute Gasteiger partial charge is 0.271 e. The Labute approximate surface area is 187 Å². The summed E-state index contributed by atoms with van der Waals surface area (Å²) in [5.74, 6) is -0.439. The van der Waals surface area contributed by atoms with E-state index in [1.165, 1.54) is 6.07 Å². The highest BCUT2D eigenvalue weighted by Gasteiger charge is 2.22. The molecular formula is C24H24N2O5S. The van der Waals surface area contributed by atoms with Crippen LogP contribution in [0.1, 0.15) is 21.5 Å². The van der Waals surface area contributed by atoms with Crippen LogP contribution in [0.25, 0.3) is 0 Å². The van der Waals surface area contributed by atoms with Gasteiger partial charge in [0, 0.05) is 37.0 Å². The fraction of sp³-hybridized carbons (Fsp3) is 0.208. The van der Waals surface area contributed by atoms with E-state index in [9.17, 15) is 23.3 Å². The van der Waals surface area contributed by atoms with E-state index < -0.39 is 26.4 Å². The van der Waals surface area contributed by atoms with Crippen molar-refractivity contribution >= 4 is 21.4 Å². The van der Waals surface area contributed by atoms with Crippen LogP contribution >= 0.6 is 0 Å². The van der Waals surface area contributed by atoms with Gasteiger partial charge >= 0.3 is 0 Å². The molecular weight excluding hydrogens is 428 g/mol. The lowest BCUT2D eigenvalue weighted by Crippen LogP contribution is -2.35. The SMILES string of the molecule is CS(=O)(=O)c1cc(C(=O)N(CCc2ccccc2)CCc2ccccc2)cc([N+](=O)[O-])c1. The Hall–Kier alpha value is -3.52. The van der Waals surface area contributed by atoms with E-state index in [-0.39, 0.29) is 10.5 Å². The third kappa shape index (κ3) is 6.24. The van der Waals surface area contributed by atoms with Gasteiger partial charge < -0.3 is 4.90 Å². The van der Waals surface area contributed by atoms with Crippen molar-refractivity contribution in [3.63, 3.8) is 0 Å². The summed E-state index contributed by atoms with van der Waals surface area (Å²) in [7, 11) is -3.73. The summed E-state index contributed by atoms with van der Waals surface area (Å²) in [4.78, 5) is 25.4. The Kier molecular flexibility index (Phi) is 7.37. The third-order valence-corrected chi connectivity index (χ3v) is 6.18. The average Bonchev–Trinajstić information content (AvgIpc) is 2.79. The standard InChI is InChI=1S/C24H24N2O5S/c1-32(30,31)23-17-21(16-22(18-23)26(28)29)24(27)25(14-12-19-8-4-2-5-9-19)15-13-20-10-6-3-7-11-20/h2-11,16-18H,12-15H2,1H3. The molecule has 0 atom stereocenters. The van der Waals surface area contributed by atoms with Gasteiger partial charge in [-0.1, -0.05) is 60.7 Å². The van der Waals surface area contributed by atoms with Crippen molar-refractivity contribution in [1.82, 2.24) is 4.90 Å².